The van der Waals surface area contributed by atoms with Crippen molar-refractivity contribution in [1.29, 1.82) is 0 Å². The molecule has 5 rings (SSSR count). The fourth-order valence-corrected chi connectivity index (χ4v) is 4.41. The minimum absolute atomic E-state index is 0.138. The maximum atomic E-state index is 13.0. The predicted octanol–water partition coefficient (Wildman–Crippen LogP) is 4.19. The van der Waals surface area contributed by atoms with Gasteiger partial charge in [-0.3, -0.25) is 4.98 Å². The first-order chi connectivity index (χ1) is 15.4. The summed E-state index contributed by atoms with van der Waals surface area (Å²) in [7, 11) is 0. The first kappa shape index (κ1) is 20.8. The molecule has 1 fully saturated rings. The zero-order valence-electron chi connectivity index (χ0n) is 17.4. The third-order valence-corrected chi connectivity index (χ3v) is 6.14. The van der Waals surface area contributed by atoms with Gasteiger partial charge in [0.05, 0.1) is 12.1 Å². The van der Waals surface area contributed by atoms with Crippen molar-refractivity contribution < 1.29 is 22.4 Å². The van der Waals surface area contributed by atoms with Crippen LogP contribution in [0.1, 0.15) is 29.0 Å². The van der Waals surface area contributed by atoms with Gasteiger partial charge in [-0.1, -0.05) is 18.2 Å². The monoisotopic (exact) mass is 444 g/mol. The molecule has 1 atom stereocenters. The second-order valence-electron chi connectivity index (χ2n) is 8.34. The van der Waals surface area contributed by atoms with Gasteiger partial charge in [-0.2, -0.15) is 13.2 Å². The van der Waals surface area contributed by atoms with E-state index in [0.717, 1.165) is 35.4 Å². The molecule has 32 heavy (non-hydrogen) atoms. The molecular weight excluding hydrogens is 421 g/mol. The van der Waals surface area contributed by atoms with Gasteiger partial charge in [-0.25, -0.2) is 4.79 Å². The number of urea groups is 1. The standard InChI is InChI=1S/C23H23F3N4O2/c24-23(25,26)17-9-16-13-29(8-6-20(16)28-11-17)22(31)30-7-5-18(14-30)27-12-19-10-15-3-1-2-4-21(15)32-19/h1-4,9-11,18,27H,5-8,12-14H2. The van der Waals surface area contributed by atoms with Gasteiger partial charge in [-0.05, 0) is 30.2 Å². The van der Waals surface area contributed by atoms with Crippen LogP contribution >= 0.6 is 0 Å². The summed E-state index contributed by atoms with van der Waals surface area (Å²) < 4.78 is 44.9. The molecule has 168 valence electrons. The largest absolute Gasteiger partial charge is 0.460 e. The first-order valence-electron chi connectivity index (χ1n) is 10.7. The number of likely N-dealkylation sites (tertiary alicyclic amines) is 1. The number of aromatic nitrogens is 1. The van der Waals surface area contributed by atoms with Gasteiger partial charge in [0.1, 0.15) is 11.3 Å². The number of carbonyl (C=O) groups excluding carboxylic acids is 1. The Kier molecular flexibility index (Phi) is 5.28. The van der Waals surface area contributed by atoms with Crippen LogP contribution in [0.25, 0.3) is 11.0 Å². The van der Waals surface area contributed by atoms with E-state index < -0.39 is 11.7 Å². The van der Waals surface area contributed by atoms with Crippen LogP contribution in [-0.4, -0.2) is 46.5 Å². The van der Waals surface area contributed by atoms with Gasteiger partial charge >= 0.3 is 12.2 Å². The van der Waals surface area contributed by atoms with E-state index in [0.29, 0.717) is 43.9 Å². The highest BCUT2D eigenvalue weighted by Gasteiger charge is 2.34. The summed E-state index contributed by atoms with van der Waals surface area (Å²) in [5, 5.41) is 4.50. The fraction of sp³-hybridized carbons (Fsp3) is 0.391. The van der Waals surface area contributed by atoms with E-state index in [1.54, 1.807) is 9.80 Å². The molecule has 2 aliphatic rings. The Balaban J connectivity index is 1.18. The highest BCUT2D eigenvalue weighted by molar-refractivity contribution is 5.77. The van der Waals surface area contributed by atoms with E-state index in [4.69, 9.17) is 4.42 Å². The zero-order valence-corrected chi connectivity index (χ0v) is 17.4. The number of rotatable bonds is 3. The molecule has 1 unspecified atom stereocenters. The van der Waals surface area contributed by atoms with Crippen molar-refractivity contribution >= 4 is 17.0 Å². The molecule has 2 amide bonds. The van der Waals surface area contributed by atoms with Crippen LogP contribution in [0.15, 0.2) is 47.0 Å². The number of nitrogens with zero attached hydrogens (tertiary/aromatic N) is 3. The molecule has 1 saturated heterocycles. The Morgan fingerprint density at radius 1 is 1.19 bits per heavy atom. The Bertz CT molecular complexity index is 1110. The van der Waals surface area contributed by atoms with Crippen LogP contribution in [0.3, 0.4) is 0 Å². The van der Waals surface area contributed by atoms with Gasteiger partial charge in [0.2, 0.25) is 0 Å². The van der Waals surface area contributed by atoms with Crippen LogP contribution in [-0.2, 0) is 25.7 Å². The van der Waals surface area contributed by atoms with Gasteiger partial charge in [0.15, 0.2) is 0 Å². The highest BCUT2D eigenvalue weighted by Crippen LogP contribution is 2.31. The van der Waals surface area contributed by atoms with Crippen LogP contribution in [0.4, 0.5) is 18.0 Å². The number of pyridine rings is 1. The van der Waals surface area contributed by atoms with Crippen molar-refractivity contribution in [2.24, 2.45) is 0 Å². The van der Waals surface area contributed by atoms with Crippen LogP contribution in [0.2, 0.25) is 0 Å². The van der Waals surface area contributed by atoms with Gasteiger partial charge in [0, 0.05) is 55.9 Å². The number of amides is 2. The summed E-state index contributed by atoms with van der Waals surface area (Å²) in [4.78, 5) is 20.3. The normalized spacial score (nSPS) is 18.9. The molecule has 9 heteroatoms. The SMILES string of the molecule is O=C(N1CCc2ncc(C(F)(F)F)cc2C1)N1CCC(NCc2cc3ccccc3o2)C1. The molecule has 0 radical (unpaired) electrons. The molecule has 3 aromatic rings. The summed E-state index contributed by atoms with van der Waals surface area (Å²) in [5.41, 5.74) is 1.18. The van der Waals surface area contributed by atoms with E-state index in [2.05, 4.69) is 10.3 Å². The number of hydrogen-bond donors (Lipinski definition) is 1. The number of halogens is 3. The number of para-hydroxylation sites is 1. The average molecular weight is 444 g/mol. The molecule has 0 spiro atoms. The number of fused-ring (bicyclic) bond motifs is 2. The summed E-state index contributed by atoms with van der Waals surface area (Å²) in [6.45, 7) is 2.35. The minimum atomic E-state index is -4.44. The second-order valence-corrected chi connectivity index (χ2v) is 8.34. The molecule has 2 aromatic heterocycles. The summed E-state index contributed by atoms with van der Waals surface area (Å²) >= 11 is 0. The maximum Gasteiger partial charge on any atom is 0.417 e. The smallest absolute Gasteiger partial charge is 0.417 e. The highest BCUT2D eigenvalue weighted by atomic mass is 19.4. The molecular formula is C23H23F3N4O2. The van der Waals surface area contributed by atoms with Crippen LogP contribution < -0.4 is 5.32 Å². The minimum Gasteiger partial charge on any atom is -0.460 e. The van der Waals surface area contributed by atoms with Crippen molar-refractivity contribution in [3.63, 3.8) is 0 Å². The fourth-order valence-electron chi connectivity index (χ4n) is 4.41. The van der Waals surface area contributed by atoms with Gasteiger partial charge in [-0.15, -0.1) is 0 Å². The molecule has 0 bridgehead atoms. The van der Waals surface area contributed by atoms with Gasteiger partial charge < -0.3 is 19.5 Å². The lowest BCUT2D eigenvalue weighted by Crippen LogP contribution is -2.45. The first-order valence-corrected chi connectivity index (χ1v) is 10.7. The molecule has 6 nitrogen and oxygen atoms in total. The van der Waals surface area contributed by atoms with E-state index >= 15 is 0 Å². The molecule has 0 aliphatic carbocycles. The topological polar surface area (TPSA) is 61.6 Å². The molecule has 0 saturated carbocycles. The number of benzene rings is 1. The lowest BCUT2D eigenvalue weighted by atomic mass is 10.0. The molecule has 1 N–H and O–H groups in total. The van der Waals surface area contributed by atoms with Crippen LogP contribution in [0, 0.1) is 0 Å². The Labute approximate surface area is 183 Å². The Morgan fingerprint density at radius 3 is 2.84 bits per heavy atom. The molecule has 4 heterocycles. The average Bonchev–Trinajstić information content (AvgIpc) is 3.42. The number of nitrogens with one attached hydrogen (secondary N) is 1. The van der Waals surface area contributed by atoms with E-state index in [1.807, 2.05) is 30.3 Å². The number of carbonyl (C=O) groups is 1. The lowest BCUT2D eigenvalue weighted by molar-refractivity contribution is -0.137. The van der Waals surface area contributed by atoms with Crippen molar-refractivity contribution in [2.75, 3.05) is 19.6 Å². The number of hydrogen-bond acceptors (Lipinski definition) is 4. The van der Waals surface area contributed by atoms with Crippen molar-refractivity contribution in [3.8, 4) is 0 Å². The summed E-state index contributed by atoms with van der Waals surface area (Å²) in [6.07, 6.45) is -2.30. The maximum absolute atomic E-state index is 13.0. The van der Waals surface area contributed by atoms with E-state index in [9.17, 15) is 18.0 Å². The second kappa shape index (κ2) is 8.12. The zero-order chi connectivity index (χ0) is 22.3. The Morgan fingerprint density at radius 2 is 2.03 bits per heavy atom. The summed E-state index contributed by atoms with van der Waals surface area (Å²) in [6, 6.07) is 11.0. The van der Waals surface area contributed by atoms with Crippen molar-refractivity contribution in [2.45, 2.75) is 38.1 Å². The van der Waals surface area contributed by atoms with Crippen LogP contribution in [0.5, 0.6) is 0 Å². The number of furan rings is 1. The van der Waals surface area contributed by atoms with Crippen molar-refractivity contribution in [3.05, 3.63) is 65.2 Å². The third-order valence-electron chi connectivity index (χ3n) is 6.14. The van der Waals surface area contributed by atoms with Gasteiger partial charge in [0.25, 0.3) is 0 Å². The van der Waals surface area contributed by atoms with Crippen molar-refractivity contribution in [1.82, 2.24) is 20.1 Å². The lowest BCUT2D eigenvalue weighted by Gasteiger charge is -2.32. The number of alkyl halides is 3. The molecule has 1 aromatic carbocycles. The Hall–Kier alpha value is -3.07. The molecule has 2 aliphatic heterocycles. The van der Waals surface area contributed by atoms with E-state index in [1.165, 1.54) is 0 Å². The predicted molar refractivity (Wildman–Crippen MR) is 112 cm³/mol. The third kappa shape index (κ3) is 4.17. The quantitative estimate of drug-likeness (QED) is 0.658. The van der Waals surface area contributed by atoms with E-state index in [-0.39, 0.29) is 18.6 Å². The summed E-state index contributed by atoms with van der Waals surface area (Å²) in [5.74, 6) is 0.844.